The third kappa shape index (κ3) is 9.21. The number of hydrogen-bond acceptors (Lipinski definition) is 8. The highest BCUT2D eigenvalue weighted by Gasteiger charge is 2.49. The predicted octanol–water partition coefficient (Wildman–Crippen LogP) is 4.25. The molecule has 2 heterocycles. The molecule has 0 fully saturated rings. The van der Waals surface area contributed by atoms with Crippen molar-refractivity contribution in [2.75, 3.05) is 33.7 Å². The molecule has 0 aliphatic heterocycles. The standard InChI is InChI=1S/C36H46F2N6O4/c1-5-10-44(11-6-2)34(46)27-17-26(33-42-9-12-48-33)19-36(20-27,35(39)47)31(16-25-13-28(37)18-29(38)14-25)32(45)22-40-21-30-15-24(7-8-41-30)23-43(3)4/h7-9,12-15,17-19,31-32,40,45H,5-6,10-11,16,20-23H2,1-4H3,(H2,39,47)/t31-,32+,36?/m1/s1. The summed E-state index contributed by atoms with van der Waals surface area (Å²) in [5, 5.41) is 15.1. The molecule has 12 heteroatoms. The largest absolute Gasteiger partial charge is 0.445 e. The fourth-order valence-corrected chi connectivity index (χ4v) is 6.41. The van der Waals surface area contributed by atoms with Gasteiger partial charge in [0.15, 0.2) is 0 Å². The molecule has 0 saturated carbocycles. The van der Waals surface area contributed by atoms with Gasteiger partial charge in [-0.1, -0.05) is 19.9 Å². The van der Waals surface area contributed by atoms with Crippen LogP contribution in [0.25, 0.3) is 5.57 Å². The predicted molar refractivity (Wildman–Crippen MR) is 179 cm³/mol. The summed E-state index contributed by atoms with van der Waals surface area (Å²) < 4.78 is 34.4. The summed E-state index contributed by atoms with van der Waals surface area (Å²) in [6.45, 7) is 6.00. The highest BCUT2D eigenvalue weighted by Crippen LogP contribution is 2.46. The first kappa shape index (κ1) is 36.6. The van der Waals surface area contributed by atoms with Crippen LogP contribution in [0.2, 0.25) is 0 Å². The van der Waals surface area contributed by atoms with Gasteiger partial charge in [0.1, 0.15) is 17.9 Å². The number of halogens is 2. The number of nitrogens with zero attached hydrogens (tertiary/aromatic N) is 4. The number of oxazole rings is 1. The molecule has 1 aliphatic rings. The van der Waals surface area contributed by atoms with Crippen molar-refractivity contribution in [2.24, 2.45) is 17.1 Å². The highest BCUT2D eigenvalue weighted by atomic mass is 19.1. The number of carbonyl (C=O) groups is 2. The van der Waals surface area contributed by atoms with Crippen molar-refractivity contribution in [3.63, 3.8) is 0 Å². The lowest BCUT2D eigenvalue weighted by molar-refractivity contribution is -0.132. The number of pyridine rings is 1. The van der Waals surface area contributed by atoms with Crippen LogP contribution in [0.4, 0.5) is 8.78 Å². The van der Waals surface area contributed by atoms with Crippen LogP contribution in [0.15, 0.2) is 71.1 Å². The summed E-state index contributed by atoms with van der Waals surface area (Å²) in [5.74, 6) is -3.52. The van der Waals surface area contributed by atoms with E-state index >= 15 is 0 Å². The van der Waals surface area contributed by atoms with E-state index < -0.39 is 35.0 Å². The molecule has 258 valence electrons. The van der Waals surface area contributed by atoms with E-state index in [-0.39, 0.29) is 36.7 Å². The van der Waals surface area contributed by atoms with Crippen molar-refractivity contribution in [1.82, 2.24) is 25.1 Å². The van der Waals surface area contributed by atoms with Crippen molar-refractivity contribution in [3.8, 4) is 0 Å². The minimum atomic E-state index is -1.67. The Balaban J connectivity index is 1.75. The lowest BCUT2D eigenvalue weighted by Crippen LogP contribution is -2.51. The molecule has 0 bridgehead atoms. The number of aromatic nitrogens is 2. The quantitative estimate of drug-likeness (QED) is 0.195. The first-order valence-electron chi connectivity index (χ1n) is 16.3. The Morgan fingerprint density at radius 2 is 1.77 bits per heavy atom. The van der Waals surface area contributed by atoms with Crippen LogP contribution in [0, 0.1) is 23.0 Å². The van der Waals surface area contributed by atoms with Gasteiger partial charge in [-0.2, -0.15) is 0 Å². The molecule has 1 unspecified atom stereocenters. The molecule has 2 amide bonds. The maximum atomic E-state index is 14.4. The van der Waals surface area contributed by atoms with Crippen LogP contribution >= 0.6 is 0 Å². The minimum absolute atomic E-state index is 0.00987. The highest BCUT2D eigenvalue weighted by molar-refractivity contribution is 6.00. The van der Waals surface area contributed by atoms with Crippen LogP contribution in [0.5, 0.6) is 0 Å². The number of carbonyl (C=O) groups excluding carboxylic acids is 2. The van der Waals surface area contributed by atoms with E-state index in [0.717, 1.165) is 36.7 Å². The summed E-state index contributed by atoms with van der Waals surface area (Å²) >= 11 is 0. The molecular formula is C36H46F2N6O4. The second kappa shape index (κ2) is 16.7. The molecule has 4 rings (SSSR count). The monoisotopic (exact) mass is 664 g/mol. The maximum Gasteiger partial charge on any atom is 0.249 e. The number of hydrogen-bond donors (Lipinski definition) is 3. The molecule has 0 saturated heterocycles. The number of nitrogens with two attached hydrogens (primary N) is 1. The van der Waals surface area contributed by atoms with E-state index in [1.54, 1.807) is 23.2 Å². The van der Waals surface area contributed by atoms with E-state index in [1.165, 1.54) is 24.6 Å². The molecule has 0 spiro atoms. The molecular weight excluding hydrogens is 618 g/mol. The second-order valence-corrected chi connectivity index (χ2v) is 12.7. The van der Waals surface area contributed by atoms with Gasteiger partial charge in [0.2, 0.25) is 17.7 Å². The van der Waals surface area contributed by atoms with Crippen LogP contribution in [0.1, 0.15) is 55.8 Å². The van der Waals surface area contributed by atoms with Gasteiger partial charge in [-0.05, 0) is 81.2 Å². The van der Waals surface area contributed by atoms with Crippen molar-refractivity contribution >= 4 is 17.4 Å². The molecule has 0 radical (unpaired) electrons. The third-order valence-electron chi connectivity index (χ3n) is 8.46. The summed E-state index contributed by atoms with van der Waals surface area (Å²) in [7, 11) is 3.94. The van der Waals surface area contributed by atoms with Crippen molar-refractivity contribution in [1.29, 1.82) is 0 Å². The van der Waals surface area contributed by atoms with Gasteiger partial charge in [0.25, 0.3) is 0 Å². The molecule has 3 aromatic rings. The van der Waals surface area contributed by atoms with Crippen molar-refractivity contribution in [2.45, 2.75) is 58.7 Å². The van der Waals surface area contributed by atoms with E-state index in [2.05, 4.69) is 15.3 Å². The molecule has 1 aliphatic carbocycles. The number of amides is 2. The van der Waals surface area contributed by atoms with E-state index in [9.17, 15) is 23.5 Å². The zero-order valence-electron chi connectivity index (χ0n) is 28.1. The Morgan fingerprint density at radius 3 is 2.38 bits per heavy atom. The van der Waals surface area contributed by atoms with Gasteiger partial charge >= 0.3 is 0 Å². The van der Waals surface area contributed by atoms with Crippen LogP contribution < -0.4 is 11.1 Å². The summed E-state index contributed by atoms with van der Waals surface area (Å²) in [6, 6.07) is 6.98. The van der Waals surface area contributed by atoms with Gasteiger partial charge in [-0.3, -0.25) is 14.6 Å². The van der Waals surface area contributed by atoms with Gasteiger partial charge in [0.05, 0.1) is 23.4 Å². The molecule has 1 aromatic carbocycles. The lowest BCUT2D eigenvalue weighted by atomic mass is 9.63. The number of aliphatic hydroxyl groups excluding tert-OH is 1. The van der Waals surface area contributed by atoms with Crippen LogP contribution in [0.3, 0.4) is 0 Å². The number of allylic oxidation sites excluding steroid dienone is 2. The fourth-order valence-electron chi connectivity index (χ4n) is 6.41. The first-order valence-corrected chi connectivity index (χ1v) is 16.3. The molecule has 10 nitrogen and oxygen atoms in total. The second-order valence-electron chi connectivity index (χ2n) is 12.7. The van der Waals surface area contributed by atoms with Crippen LogP contribution in [-0.4, -0.2) is 76.5 Å². The number of primary amides is 1. The Morgan fingerprint density at radius 1 is 1.06 bits per heavy atom. The zero-order valence-corrected chi connectivity index (χ0v) is 28.1. The van der Waals surface area contributed by atoms with Crippen molar-refractivity contribution in [3.05, 3.63) is 101 Å². The number of aliphatic hydroxyl groups is 1. The average Bonchev–Trinajstić information content (AvgIpc) is 3.58. The fraction of sp³-hybridized carbons (Fsp3) is 0.444. The molecule has 3 atom stereocenters. The lowest BCUT2D eigenvalue weighted by Gasteiger charge is -2.42. The first-order chi connectivity index (χ1) is 22.9. The number of nitrogens with one attached hydrogen (secondary N) is 1. The zero-order chi connectivity index (χ0) is 34.8. The van der Waals surface area contributed by atoms with Crippen molar-refractivity contribution < 1.29 is 27.9 Å². The Hall–Kier alpha value is -4.26. The molecule has 4 N–H and O–H groups in total. The Labute approximate surface area is 280 Å². The summed E-state index contributed by atoms with van der Waals surface area (Å²) in [6.07, 6.45) is 7.71. The van der Waals surface area contributed by atoms with Gasteiger partial charge in [-0.15, -0.1) is 0 Å². The van der Waals surface area contributed by atoms with Gasteiger partial charge < -0.3 is 30.4 Å². The SMILES string of the molecule is CCCN(CCC)C(=O)C1=CC(c2ncco2)=CC(C(N)=O)([C@H](Cc2cc(F)cc(F)c2)[C@@H](O)CNCc2cc(CN(C)C)ccn2)C1. The van der Waals surface area contributed by atoms with Crippen LogP contribution in [-0.2, 0) is 29.1 Å². The Bertz CT molecular complexity index is 1580. The summed E-state index contributed by atoms with van der Waals surface area (Å²) in [5.41, 5.74) is 7.24. The minimum Gasteiger partial charge on any atom is -0.445 e. The van der Waals surface area contributed by atoms with Gasteiger partial charge in [-0.25, -0.2) is 13.8 Å². The van der Waals surface area contributed by atoms with Gasteiger partial charge in [0, 0.05) is 62.1 Å². The summed E-state index contributed by atoms with van der Waals surface area (Å²) in [4.78, 5) is 40.2. The van der Waals surface area contributed by atoms with E-state index in [1.807, 2.05) is 45.0 Å². The normalized spacial score (nSPS) is 17.5. The molecule has 2 aromatic heterocycles. The Kier molecular flexibility index (Phi) is 12.7. The average molecular weight is 665 g/mol. The number of rotatable bonds is 17. The van der Waals surface area contributed by atoms with E-state index in [0.29, 0.717) is 30.8 Å². The third-order valence-corrected chi connectivity index (χ3v) is 8.46. The molecule has 48 heavy (non-hydrogen) atoms. The van der Waals surface area contributed by atoms with E-state index in [4.69, 9.17) is 10.2 Å². The number of benzene rings is 1. The maximum absolute atomic E-state index is 14.4. The topological polar surface area (TPSA) is 138 Å². The smallest absolute Gasteiger partial charge is 0.249 e.